The summed E-state index contributed by atoms with van der Waals surface area (Å²) in [5, 5.41) is 9.20. The molecule has 1 unspecified atom stereocenters. The van der Waals surface area contributed by atoms with Crippen LogP contribution in [0.15, 0.2) is 47.6 Å². The molecule has 1 atom stereocenters. The maximum Gasteiger partial charge on any atom is 0.319 e. The van der Waals surface area contributed by atoms with Crippen LogP contribution in [0.3, 0.4) is 0 Å². The van der Waals surface area contributed by atoms with Crippen LogP contribution in [0.2, 0.25) is 0 Å². The molecule has 32 heavy (non-hydrogen) atoms. The van der Waals surface area contributed by atoms with Gasteiger partial charge in [0.1, 0.15) is 5.25 Å². The molecule has 0 saturated carbocycles. The first kappa shape index (κ1) is 23.7. The van der Waals surface area contributed by atoms with E-state index < -0.39 is 0 Å². The van der Waals surface area contributed by atoms with E-state index in [-0.39, 0.29) is 11.2 Å². The molecule has 0 aliphatic rings. The smallest absolute Gasteiger partial charge is 0.319 e. The summed E-state index contributed by atoms with van der Waals surface area (Å²) >= 11 is 1.38. The third kappa shape index (κ3) is 5.24. The average molecular weight is 456 g/mol. The minimum atomic E-state index is -0.355. The number of rotatable bonds is 10. The van der Waals surface area contributed by atoms with Crippen molar-refractivity contribution in [2.45, 2.75) is 44.0 Å². The van der Waals surface area contributed by atoms with Gasteiger partial charge in [0, 0.05) is 11.3 Å². The van der Waals surface area contributed by atoms with E-state index in [9.17, 15) is 4.79 Å². The molecule has 0 amide bonds. The van der Waals surface area contributed by atoms with Gasteiger partial charge in [-0.2, -0.15) is 0 Å². The molecule has 0 bridgehead atoms. The maximum atomic E-state index is 12.5. The first-order valence-electron chi connectivity index (χ1n) is 10.6. The van der Waals surface area contributed by atoms with Crippen LogP contribution in [0.5, 0.6) is 11.5 Å². The van der Waals surface area contributed by atoms with Crippen molar-refractivity contribution < 1.29 is 19.0 Å². The summed E-state index contributed by atoms with van der Waals surface area (Å²) in [6, 6.07) is 13.7. The summed E-state index contributed by atoms with van der Waals surface area (Å²) in [7, 11) is 3.20. The van der Waals surface area contributed by atoms with Gasteiger partial charge in [0.25, 0.3) is 0 Å². The van der Waals surface area contributed by atoms with Crippen LogP contribution in [0.25, 0.3) is 17.1 Å². The highest BCUT2D eigenvalue weighted by Crippen LogP contribution is 2.35. The van der Waals surface area contributed by atoms with Gasteiger partial charge in [-0.25, -0.2) is 0 Å². The first-order chi connectivity index (χ1) is 15.5. The minimum Gasteiger partial charge on any atom is -0.493 e. The Bertz CT molecular complexity index is 1050. The lowest BCUT2D eigenvalue weighted by Crippen LogP contribution is -2.20. The molecule has 0 saturated heterocycles. The number of hydrogen-bond acceptors (Lipinski definition) is 7. The lowest BCUT2D eigenvalue weighted by molar-refractivity contribution is -0.142. The van der Waals surface area contributed by atoms with Crippen LogP contribution in [0, 0.1) is 6.92 Å². The minimum absolute atomic E-state index is 0.231. The Labute approximate surface area is 193 Å². The van der Waals surface area contributed by atoms with Gasteiger partial charge in [-0.15, -0.1) is 10.2 Å². The van der Waals surface area contributed by atoms with Crippen LogP contribution in [-0.4, -0.2) is 46.8 Å². The Morgan fingerprint density at radius 2 is 1.75 bits per heavy atom. The quantitative estimate of drug-likeness (QED) is 0.311. The topological polar surface area (TPSA) is 75.5 Å². The standard InChI is InChI=1S/C24H29N3O4S/c1-6-8-21(23(28)31-7-2)32-24-26-25-22(27(24)18-12-9-16(3)10-13-18)17-11-14-19(29-4)20(15-17)30-5/h9-15,21H,6-8H2,1-5H3. The molecule has 170 valence electrons. The largest absolute Gasteiger partial charge is 0.493 e. The van der Waals surface area contributed by atoms with E-state index >= 15 is 0 Å². The van der Waals surface area contributed by atoms with Gasteiger partial charge in [0.15, 0.2) is 22.5 Å². The highest BCUT2D eigenvalue weighted by Gasteiger charge is 2.25. The highest BCUT2D eigenvalue weighted by atomic mass is 32.2. The molecule has 1 heterocycles. The Morgan fingerprint density at radius 3 is 2.38 bits per heavy atom. The molecular weight excluding hydrogens is 426 g/mol. The SMILES string of the molecule is CCCC(Sc1nnc(-c2ccc(OC)c(OC)c2)n1-c1ccc(C)cc1)C(=O)OCC. The molecule has 0 radical (unpaired) electrons. The predicted octanol–water partition coefficient (Wildman–Crippen LogP) is 5.08. The number of thioether (sulfide) groups is 1. The van der Waals surface area contributed by atoms with Crippen molar-refractivity contribution >= 4 is 17.7 Å². The van der Waals surface area contributed by atoms with Crippen molar-refractivity contribution in [1.29, 1.82) is 0 Å². The summed E-state index contributed by atoms with van der Waals surface area (Å²) in [4.78, 5) is 12.5. The summed E-state index contributed by atoms with van der Waals surface area (Å²) < 4.78 is 18.1. The Hall–Kier alpha value is -3.00. The molecule has 0 aliphatic carbocycles. The molecule has 8 heteroatoms. The van der Waals surface area contributed by atoms with E-state index in [0.29, 0.717) is 35.5 Å². The van der Waals surface area contributed by atoms with Crippen molar-refractivity contribution in [3.63, 3.8) is 0 Å². The molecule has 0 aliphatic heterocycles. The first-order valence-corrected chi connectivity index (χ1v) is 11.5. The second-order valence-corrected chi connectivity index (χ2v) is 8.36. The summed E-state index contributed by atoms with van der Waals surface area (Å²) in [5.41, 5.74) is 2.89. The molecule has 0 spiro atoms. The Morgan fingerprint density at radius 1 is 1.03 bits per heavy atom. The fraction of sp³-hybridized carbons (Fsp3) is 0.375. The van der Waals surface area contributed by atoms with Crippen molar-refractivity contribution in [1.82, 2.24) is 14.8 Å². The normalized spacial score (nSPS) is 11.8. The molecule has 0 fully saturated rings. The zero-order chi connectivity index (χ0) is 23.1. The number of nitrogens with zero attached hydrogens (tertiary/aromatic N) is 3. The van der Waals surface area contributed by atoms with Gasteiger partial charge in [0.2, 0.25) is 0 Å². The van der Waals surface area contributed by atoms with Crippen molar-refractivity contribution in [2.75, 3.05) is 20.8 Å². The van der Waals surface area contributed by atoms with Crippen LogP contribution < -0.4 is 9.47 Å². The second kappa shape index (κ2) is 11.0. The second-order valence-electron chi connectivity index (χ2n) is 7.19. The third-order valence-corrected chi connectivity index (χ3v) is 6.10. The lowest BCUT2D eigenvalue weighted by Gasteiger charge is -2.16. The van der Waals surface area contributed by atoms with E-state index in [1.54, 1.807) is 14.2 Å². The van der Waals surface area contributed by atoms with Gasteiger partial charge in [0.05, 0.1) is 20.8 Å². The number of methoxy groups -OCH3 is 2. The van der Waals surface area contributed by atoms with Crippen molar-refractivity contribution in [3.05, 3.63) is 48.0 Å². The molecule has 1 aromatic heterocycles. The number of esters is 1. The highest BCUT2D eigenvalue weighted by molar-refractivity contribution is 8.00. The van der Waals surface area contributed by atoms with Crippen LogP contribution in [-0.2, 0) is 9.53 Å². The van der Waals surface area contributed by atoms with Crippen molar-refractivity contribution in [2.24, 2.45) is 0 Å². The molecule has 2 aromatic carbocycles. The number of benzene rings is 2. The summed E-state index contributed by atoms with van der Waals surface area (Å²) in [5.74, 6) is 1.66. The maximum absolute atomic E-state index is 12.5. The zero-order valence-corrected chi connectivity index (χ0v) is 19.9. The Balaban J connectivity index is 2.10. The van der Waals surface area contributed by atoms with E-state index in [1.165, 1.54) is 11.8 Å². The molecule has 3 rings (SSSR count). The van der Waals surface area contributed by atoms with Crippen LogP contribution >= 0.6 is 11.8 Å². The molecule has 3 aromatic rings. The third-order valence-electron chi connectivity index (χ3n) is 4.92. The Kier molecular flexibility index (Phi) is 8.16. The number of carbonyl (C=O) groups is 1. The monoisotopic (exact) mass is 455 g/mol. The fourth-order valence-electron chi connectivity index (χ4n) is 3.28. The number of aromatic nitrogens is 3. The fourth-order valence-corrected chi connectivity index (χ4v) is 4.44. The summed E-state index contributed by atoms with van der Waals surface area (Å²) in [6.45, 7) is 6.25. The van der Waals surface area contributed by atoms with E-state index in [0.717, 1.165) is 23.2 Å². The van der Waals surface area contributed by atoms with Crippen molar-refractivity contribution in [3.8, 4) is 28.6 Å². The van der Waals surface area contributed by atoms with Crippen LogP contribution in [0.4, 0.5) is 0 Å². The van der Waals surface area contributed by atoms with Gasteiger partial charge in [-0.05, 0) is 50.6 Å². The number of carbonyl (C=O) groups excluding carboxylic acids is 1. The van der Waals surface area contributed by atoms with E-state index in [1.807, 2.05) is 67.8 Å². The number of aryl methyl sites for hydroxylation is 1. The van der Waals surface area contributed by atoms with E-state index in [4.69, 9.17) is 14.2 Å². The lowest BCUT2D eigenvalue weighted by atomic mass is 10.1. The van der Waals surface area contributed by atoms with Crippen LogP contribution in [0.1, 0.15) is 32.3 Å². The van der Waals surface area contributed by atoms with Gasteiger partial charge < -0.3 is 14.2 Å². The summed E-state index contributed by atoms with van der Waals surface area (Å²) in [6.07, 6.45) is 1.55. The predicted molar refractivity (Wildman–Crippen MR) is 126 cm³/mol. The molecular formula is C24H29N3O4S. The van der Waals surface area contributed by atoms with Gasteiger partial charge in [-0.1, -0.05) is 42.8 Å². The average Bonchev–Trinajstić information content (AvgIpc) is 3.22. The number of hydrogen-bond donors (Lipinski definition) is 0. The molecule has 7 nitrogen and oxygen atoms in total. The zero-order valence-electron chi connectivity index (χ0n) is 19.1. The van der Waals surface area contributed by atoms with E-state index in [2.05, 4.69) is 10.2 Å². The van der Waals surface area contributed by atoms with Gasteiger partial charge >= 0.3 is 5.97 Å². The molecule has 0 N–H and O–H groups in total. The number of ether oxygens (including phenoxy) is 3. The van der Waals surface area contributed by atoms with Gasteiger partial charge in [-0.3, -0.25) is 9.36 Å².